The quantitative estimate of drug-likeness (QED) is 0.337. The van der Waals surface area contributed by atoms with Crippen LogP contribution in [0.3, 0.4) is 0 Å². The molecule has 3 aromatic rings. The minimum Gasteiger partial charge on any atom is -0.497 e. The monoisotopic (exact) mass is 670 g/mol. The van der Waals surface area contributed by atoms with E-state index in [0.717, 1.165) is 26.5 Å². The molecule has 2 atom stereocenters. The minimum atomic E-state index is -1.31. The first-order valence-corrected chi connectivity index (χ1v) is 14.8. The van der Waals surface area contributed by atoms with Crippen molar-refractivity contribution in [3.63, 3.8) is 0 Å². The Hall–Kier alpha value is -2.92. The number of rotatable bonds is 8. The highest BCUT2D eigenvalue weighted by atomic mass is 79.9. The zero-order valence-corrected chi connectivity index (χ0v) is 25.6. The first kappa shape index (κ1) is 28.6. The largest absolute Gasteiger partial charge is 0.497 e. The molecule has 0 spiro atoms. The summed E-state index contributed by atoms with van der Waals surface area (Å²) in [5.74, 6) is 1.08. The highest BCUT2D eigenvalue weighted by Crippen LogP contribution is 2.45. The number of nitrogens with zero attached hydrogens (tertiary/aromatic N) is 2. The third kappa shape index (κ3) is 5.63. The standard InChI is InChI=1S/C30H32Br2N4O4/c1-3-40-26-18-24(39-2)12-13-25(26)30(29(38)36-16-14-35(19-37)15-17-36)33-27(20-4-8-22(31)9-5-20)28(34-30)21-6-10-23(32)11-7-21/h4-13,18-19,27-28,33-34H,3,14-17H2,1-2H3. The van der Waals surface area contributed by atoms with Gasteiger partial charge in [-0.15, -0.1) is 0 Å². The molecule has 2 aliphatic heterocycles. The van der Waals surface area contributed by atoms with E-state index in [0.29, 0.717) is 49.8 Å². The summed E-state index contributed by atoms with van der Waals surface area (Å²) in [6.45, 7) is 4.19. The molecule has 2 fully saturated rings. The van der Waals surface area contributed by atoms with Crippen LogP contribution in [0.1, 0.15) is 35.7 Å². The van der Waals surface area contributed by atoms with Gasteiger partial charge in [-0.25, -0.2) is 0 Å². The topological polar surface area (TPSA) is 83.1 Å². The molecule has 210 valence electrons. The summed E-state index contributed by atoms with van der Waals surface area (Å²) in [6.07, 6.45) is 0.841. The maximum absolute atomic E-state index is 14.7. The van der Waals surface area contributed by atoms with Crippen LogP contribution in [0.5, 0.6) is 11.5 Å². The fraction of sp³-hybridized carbons (Fsp3) is 0.333. The zero-order valence-electron chi connectivity index (χ0n) is 22.4. The molecule has 5 rings (SSSR count). The molecule has 0 saturated carbocycles. The van der Waals surface area contributed by atoms with E-state index >= 15 is 0 Å². The lowest BCUT2D eigenvalue weighted by molar-refractivity contribution is -0.142. The second-order valence-corrected chi connectivity index (χ2v) is 11.7. The Balaban J connectivity index is 1.66. The van der Waals surface area contributed by atoms with Gasteiger partial charge in [-0.2, -0.15) is 0 Å². The number of methoxy groups -OCH3 is 1. The molecule has 0 aromatic heterocycles. The lowest BCUT2D eigenvalue weighted by Crippen LogP contribution is -2.62. The van der Waals surface area contributed by atoms with Crippen molar-refractivity contribution in [2.45, 2.75) is 24.7 Å². The first-order valence-electron chi connectivity index (χ1n) is 13.2. The van der Waals surface area contributed by atoms with Crippen LogP contribution in [0.2, 0.25) is 0 Å². The van der Waals surface area contributed by atoms with Crippen molar-refractivity contribution < 1.29 is 19.1 Å². The number of halogens is 2. The Kier molecular flexibility index (Phi) is 8.80. The molecule has 0 aliphatic carbocycles. The number of amides is 2. The number of carbonyl (C=O) groups is 2. The van der Waals surface area contributed by atoms with Gasteiger partial charge in [0.15, 0.2) is 5.66 Å². The Morgan fingerprint density at radius 2 is 1.48 bits per heavy atom. The highest BCUT2D eigenvalue weighted by Gasteiger charge is 2.54. The van der Waals surface area contributed by atoms with Gasteiger partial charge in [0, 0.05) is 46.8 Å². The molecule has 40 heavy (non-hydrogen) atoms. The van der Waals surface area contributed by atoms with Gasteiger partial charge in [0.2, 0.25) is 6.41 Å². The predicted octanol–water partition coefficient (Wildman–Crippen LogP) is 4.75. The first-order chi connectivity index (χ1) is 19.4. The number of ether oxygens (including phenoxy) is 2. The molecule has 2 aliphatic rings. The van der Waals surface area contributed by atoms with E-state index in [2.05, 4.69) is 66.8 Å². The molecular weight excluding hydrogens is 640 g/mol. The number of benzene rings is 3. The molecular formula is C30H32Br2N4O4. The Bertz CT molecular complexity index is 1290. The maximum atomic E-state index is 14.7. The van der Waals surface area contributed by atoms with E-state index in [1.54, 1.807) is 12.0 Å². The van der Waals surface area contributed by atoms with Crippen LogP contribution in [-0.4, -0.2) is 62.0 Å². The Morgan fingerprint density at radius 3 is 1.95 bits per heavy atom. The van der Waals surface area contributed by atoms with Crippen LogP contribution >= 0.6 is 31.9 Å². The van der Waals surface area contributed by atoms with Gasteiger partial charge in [0.05, 0.1) is 25.8 Å². The van der Waals surface area contributed by atoms with E-state index < -0.39 is 5.66 Å². The van der Waals surface area contributed by atoms with Gasteiger partial charge < -0.3 is 19.3 Å². The average molecular weight is 672 g/mol. The molecule has 2 heterocycles. The van der Waals surface area contributed by atoms with E-state index in [1.165, 1.54) is 0 Å². The fourth-order valence-electron chi connectivity index (χ4n) is 5.44. The molecule has 3 aromatic carbocycles. The molecule has 2 unspecified atom stereocenters. The van der Waals surface area contributed by atoms with Crippen LogP contribution in [0, 0.1) is 0 Å². The summed E-state index contributed by atoms with van der Waals surface area (Å²) < 4.78 is 13.6. The van der Waals surface area contributed by atoms with Crippen molar-refractivity contribution >= 4 is 44.2 Å². The smallest absolute Gasteiger partial charge is 0.262 e. The molecule has 0 bridgehead atoms. The second-order valence-electron chi connectivity index (χ2n) is 9.83. The second kappa shape index (κ2) is 12.3. The van der Waals surface area contributed by atoms with Gasteiger partial charge in [0.1, 0.15) is 11.5 Å². The summed E-state index contributed by atoms with van der Waals surface area (Å²) in [5, 5.41) is 7.49. The summed E-state index contributed by atoms with van der Waals surface area (Å²) in [4.78, 5) is 29.6. The number of carbonyl (C=O) groups excluding carboxylic acids is 2. The lowest BCUT2D eigenvalue weighted by Gasteiger charge is -2.40. The van der Waals surface area contributed by atoms with Crippen LogP contribution in [-0.2, 0) is 15.3 Å². The predicted molar refractivity (Wildman–Crippen MR) is 160 cm³/mol. The van der Waals surface area contributed by atoms with Crippen molar-refractivity contribution in [1.82, 2.24) is 20.4 Å². The molecule has 2 amide bonds. The molecule has 2 N–H and O–H groups in total. The third-order valence-electron chi connectivity index (χ3n) is 7.50. The van der Waals surface area contributed by atoms with Crippen LogP contribution < -0.4 is 20.1 Å². The zero-order chi connectivity index (χ0) is 28.3. The van der Waals surface area contributed by atoms with Gasteiger partial charge in [-0.1, -0.05) is 56.1 Å². The SMILES string of the molecule is CCOc1cc(OC)ccc1C1(C(=O)N2CCN(C=O)CC2)NC(c2ccc(Br)cc2)C(c2ccc(Br)cc2)N1. The van der Waals surface area contributed by atoms with Crippen molar-refractivity contribution in [2.24, 2.45) is 0 Å². The number of hydrogen-bond acceptors (Lipinski definition) is 6. The van der Waals surface area contributed by atoms with Crippen molar-refractivity contribution in [1.29, 1.82) is 0 Å². The Labute approximate surface area is 251 Å². The fourth-order valence-corrected chi connectivity index (χ4v) is 5.97. The summed E-state index contributed by atoms with van der Waals surface area (Å²) in [7, 11) is 1.61. The van der Waals surface area contributed by atoms with Gasteiger partial charge >= 0.3 is 0 Å². The van der Waals surface area contributed by atoms with Crippen molar-refractivity contribution in [3.05, 3.63) is 92.4 Å². The molecule has 0 radical (unpaired) electrons. The van der Waals surface area contributed by atoms with Crippen LogP contribution in [0.4, 0.5) is 0 Å². The number of nitrogens with one attached hydrogen (secondary N) is 2. The van der Waals surface area contributed by atoms with Gasteiger partial charge in [0.25, 0.3) is 5.91 Å². The summed E-state index contributed by atoms with van der Waals surface area (Å²) >= 11 is 7.10. The molecule has 10 heteroatoms. The van der Waals surface area contributed by atoms with Crippen LogP contribution in [0.15, 0.2) is 75.7 Å². The summed E-state index contributed by atoms with van der Waals surface area (Å²) in [5.41, 5.74) is 1.45. The highest BCUT2D eigenvalue weighted by molar-refractivity contribution is 9.10. The van der Waals surface area contributed by atoms with Gasteiger partial charge in [-0.3, -0.25) is 20.2 Å². The molecule has 2 saturated heterocycles. The van der Waals surface area contributed by atoms with E-state index in [1.807, 2.05) is 54.3 Å². The van der Waals surface area contributed by atoms with Gasteiger partial charge in [-0.05, 0) is 54.4 Å². The maximum Gasteiger partial charge on any atom is 0.262 e. The van der Waals surface area contributed by atoms with Crippen molar-refractivity contribution in [2.75, 3.05) is 39.9 Å². The number of hydrogen-bond donors (Lipinski definition) is 2. The number of piperazine rings is 1. The van der Waals surface area contributed by atoms with E-state index in [9.17, 15) is 9.59 Å². The third-order valence-corrected chi connectivity index (χ3v) is 8.56. The van der Waals surface area contributed by atoms with E-state index in [-0.39, 0.29) is 18.0 Å². The minimum absolute atomic E-state index is 0.120. The van der Waals surface area contributed by atoms with E-state index in [4.69, 9.17) is 9.47 Å². The molecule has 8 nitrogen and oxygen atoms in total. The lowest BCUT2D eigenvalue weighted by atomic mass is 9.95. The normalized spacial score (nSPS) is 22.7. The van der Waals surface area contributed by atoms with Crippen molar-refractivity contribution in [3.8, 4) is 11.5 Å². The Morgan fingerprint density at radius 1 is 0.925 bits per heavy atom. The summed E-state index contributed by atoms with van der Waals surface area (Å²) in [6, 6.07) is 21.4. The average Bonchev–Trinajstić information content (AvgIpc) is 3.39. The van der Waals surface area contributed by atoms with Crippen LogP contribution in [0.25, 0.3) is 0 Å².